The van der Waals surface area contributed by atoms with Gasteiger partial charge in [0, 0.05) is 0 Å². The van der Waals surface area contributed by atoms with Gasteiger partial charge in [0.1, 0.15) is 0 Å². The van der Waals surface area contributed by atoms with Crippen molar-refractivity contribution in [2.75, 3.05) is 6.54 Å². The van der Waals surface area contributed by atoms with Gasteiger partial charge in [-0.15, -0.1) is 0 Å². The van der Waals surface area contributed by atoms with Gasteiger partial charge < -0.3 is 0 Å². The molecule has 0 aliphatic carbocycles. The summed E-state index contributed by atoms with van der Waals surface area (Å²) in [5.74, 6) is 0. The Labute approximate surface area is 81.0 Å². The van der Waals surface area contributed by atoms with Crippen LogP contribution < -0.4 is 8.79 Å². The first-order valence-corrected chi connectivity index (χ1v) is 7.27. The molecule has 2 nitrogen and oxygen atoms in total. The standard InChI is InChI=1S/C8H12NOSSe/c1-8(2)5-9-12(10)7-4-11-3-6(7)8/h3-4,9-10H,5H2,1-2H3. The van der Waals surface area contributed by atoms with Crippen LogP contribution >= 0.6 is 11.3 Å². The predicted octanol–water partition coefficient (Wildman–Crippen LogP) is 0.316. The summed E-state index contributed by atoms with van der Waals surface area (Å²) in [4.78, 5) is 0. The van der Waals surface area contributed by atoms with Crippen molar-refractivity contribution >= 4 is 30.2 Å². The van der Waals surface area contributed by atoms with Crippen LogP contribution in [0.2, 0.25) is 0 Å². The van der Waals surface area contributed by atoms with Crippen molar-refractivity contribution in [1.82, 2.24) is 4.33 Å². The van der Waals surface area contributed by atoms with Gasteiger partial charge in [0.25, 0.3) is 0 Å². The van der Waals surface area contributed by atoms with Gasteiger partial charge in [-0.2, -0.15) is 0 Å². The summed E-state index contributed by atoms with van der Waals surface area (Å²) in [7, 11) is 0. The monoisotopic (exact) mass is 250 g/mol. The first kappa shape index (κ1) is 8.73. The number of thiophene rings is 1. The summed E-state index contributed by atoms with van der Waals surface area (Å²) in [6, 6.07) is 0. The molecule has 0 aromatic carbocycles. The third kappa shape index (κ3) is 1.24. The molecule has 2 rings (SSSR count). The molecular weight excluding hydrogens is 237 g/mol. The van der Waals surface area contributed by atoms with Crippen molar-refractivity contribution < 1.29 is 4.19 Å². The summed E-state index contributed by atoms with van der Waals surface area (Å²) >= 11 is 0.0582. The van der Waals surface area contributed by atoms with Crippen LogP contribution in [0.1, 0.15) is 19.4 Å². The van der Waals surface area contributed by atoms with Gasteiger partial charge in [0.2, 0.25) is 0 Å². The van der Waals surface area contributed by atoms with Crippen LogP contribution in [-0.4, -0.2) is 25.2 Å². The number of rotatable bonds is 0. The molecule has 0 amide bonds. The summed E-state index contributed by atoms with van der Waals surface area (Å²) < 4.78 is 14.1. The summed E-state index contributed by atoms with van der Waals surface area (Å²) in [5, 5.41) is 4.25. The van der Waals surface area contributed by atoms with E-state index in [9.17, 15) is 4.19 Å². The fraction of sp³-hybridized carbons (Fsp3) is 0.500. The molecule has 2 N–H and O–H groups in total. The predicted molar refractivity (Wildman–Crippen MR) is 53.0 cm³/mol. The molecule has 12 heavy (non-hydrogen) atoms. The Morgan fingerprint density at radius 1 is 1.58 bits per heavy atom. The van der Waals surface area contributed by atoms with E-state index < -0.39 is 14.4 Å². The molecule has 1 aromatic heterocycles. The van der Waals surface area contributed by atoms with Crippen molar-refractivity contribution in [3.63, 3.8) is 0 Å². The SMILES string of the molecule is CC1(C)CN[Se](O)c2cscc21. The molecule has 1 aliphatic heterocycles. The minimum atomic E-state index is -1.63. The van der Waals surface area contributed by atoms with Crippen LogP contribution in [0.4, 0.5) is 0 Å². The van der Waals surface area contributed by atoms with Crippen LogP contribution in [0.3, 0.4) is 0 Å². The molecule has 0 spiro atoms. The zero-order valence-electron chi connectivity index (χ0n) is 7.13. The molecule has 1 radical (unpaired) electrons. The third-order valence-electron chi connectivity index (χ3n) is 2.21. The van der Waals surface area contributed by atoms with E-state index >= 15 is 0 Å². The van der Waals surface area contributed by atoms with Gasteiger partial charge >= 0.3 is 80.9 Å². The molecule has 1 aromatic rings. The molecule has 0 saturated heterocycles. The molecule has 0 unspecified atom stereocenters. The first-order valence-electron chi connectivity index (χ1n) is 3.85. The topological polar surface area (TPSA) is 32.3 Å². The maximum atomic E-state index is 9.70. The van der Waals surface area contributed by atoms with E-state index in [1.807, 2.05) is 0 Å². The Bertz CT molecular complexity index is 297. The quantitative estimate of drug-likeness (QED) is 0.649. The second kappa shape index (κ2) is 2.82. The molecule has 0 fully saturated rings. The fourth-order valence-corrected chi connectivity index (χ4v) is 5.94. The number of fused-ring (bicyclic) bond motifs is 1. The van der Waals surface area contributed by atoms with Gasteiger partial charge in [-0.25, -0.2) is 0 Å². The Morgan fingerprint density at radius 3 is 3.00 bits per heavy atom. The zero-order chi connectivity index (χ0) is 8.77. The van der Waals surface area contributed by atoms with Crippen LogP contribution in [0.5, 0.6) is 0 Å². The second-order valence-corrected chi connectivity index (χ2v) is 7.11. The average molecular weight is 249 g/mol. The van der Waals surface area contributed by atoms with Crippen molar-refractivity contribution in [3.05, 3.63) is 16.3 Å². The Kier molecular flexibility index (Phi) is 2.05. The third-order valence-corrected chi connectivity index (χ3v) is 5.75. The summed E-state index contributed by atoms with van der Waals surface area (Å²) in [5.41, 5.74) is 1.54. The van der Waals surface area contributed by atoms with E-state index in [1.54, 1.807) is 11.3 Å². The summed E-state index contributed by atoms with van der Waals surface area (Å²) in [6.07, 6.45) is 0. The number of hydrogen-bond donors (Lipinski definition) is 2. The van der Waals surface area contributed by atoms with E-state index in [0.717, 1.165) is 6.54 Å². The van der Waals surface area contributed by atoms with Gasteiger partial charge in [0.15, 0.2) is 0 Å². The van der Waals surface area contributed by atoms with Gasteiger partial charge in [0.05, 0.1) is 0 Å². The van der Waals surface area contributed by atoms with Gasteiger partial charge in [-0.3, -0.25) is 0 Å². The van der Waals surface area contributed by atoms with E-state index in [0.29, 0.717) is 0 Å². The number of hydrogen-bond acceptors (Lipinski definition) is 3. The molecule has 0 atom stereocenters. The van der Waals surface area contributed by atoms with Gasteiger partial charge in [-0.1, -0.05) is 0 Å². The average Bonchev–Trinajstić information content (AvgIpc) is 2.46. The van der Waals surface area contributed by atoms with Crippen LogP contribution in [-0.2, 0) is 5.41 Å². The molecule has 1 aliphatic rings. The molecule has 0 saturated carbocycles. The van der Waals surface area contributed by atoms with Crippen LogP contribution in [0.15, 0.2) is 10.8 Å². The molecular formula is C8H12NOSSe. The van der Waals surface area contributed by atoms with Crippen molar-refractivity contribution in [2.45, 2.75) is 19.3 Å². The Hall–Kier alpha value is 0.139. The zero-order valence-corrected chi connectivity index (χ0v) is 9.66. The number of nitrogens with one attached hydrogen (secondary N) is 1. The maximum absolute atomic E-state index is 9.70. The van der Waals surface area contributed by atoms with E-state index in [1.165, 1.54) is 10.0 Å². The van der Waals surface area contributed by atoms with E-state index in [2.05, 4.69) is 28.9 Å². The summed E-state index contributed by atoms with van der Waals surface area (Å²) in [6.45, 7) is 5.32. The van der Waals surface area contributed by atoms with Crippen molar-refractivity contribution in [3.8, 4) is 0 Å². The van der Waals surface area contributed by atoms with E-state index in [-0.39, 0.29) is 5.41 Å². The minimum absolute atomic E-state index is 0.193. The molecule has 0 bridgehead atoms. The van der Waals surface area contributed by atoms with Gasteiger partial charge in [-0.05, 0) is 0 Å². The molecule has 4 heteroatoms. The molecule has 67 valence electrons. The fourth-order valence-electron chi connectivity index (χ4n) is 1.35. The Balaban J connectivity index is 2.50. The van der Waals surface area contributed by atoms with Crippen molar-refractivity contribution in [2.24, 2.45) is 0 Å². The van der Waals surface area contributed by atoms with Crippen LogP contribution in [0, 0.1) is 0 Å². The Morgan fingerprint density at radius 2 is 2.33 bits per heavy atom. The van der Waals surface area contributed by atoms with E-state index in [4.69, 9.17) is 0 Å². The first-order chi connectivity index (χ1) is 5.61. The second-order valence-electron chi connectivity index (χ2n) is 3.64. The normalized spacial score (nSPS) is 22.2. The molecule has 2 heterocycles. The van der Waals surface area contributed by atoms with Crippen LogP contribution in [0.25, 0.3) is 0 Å². The van der Waals surface area contributed by atoms with Crippen molar-refractivity contribution in [1.29, 1.82) is 0 Å².